The second-order valence-corrected chi connectivity index (χ2v) is 23.2. The van der Waals surface area contributed by atoms with Crippen LogP contribution in [0.4, 0.5) is 38.9 Å². The zero-order chi connectivity index (χ0) is 60.1. The first-order chi connectivity index (χ1) is 40.7. The summed E-state index contributed by atoms with van der Waals surface area (Å²) in [5.41, 5.74) is 9.45. The summed E-state index contributed by atoms with van der Waals surface area (Å²) < 4.78 is 86.3. The molecule has 2 amide bonds. The van der Waals surface area contributed by atoms with Gasteiger partial charge in [-0.05, 0) is 68.1 Å². The van der Waals surface area contributed by atoms with E-state index in [9.17, 15) is 43.1 Å². The van der Waals surface area contributed by atoms with Crippen LogP contribution in [0, 0.1) is 28.8 Å². The molecule has 5 aliphatic rings. The number of rotatable bonds is 13. The Morgan fingerprint density at radius 3 is 2.60 bits per heavy atom. The fourth-order valence-corrected chi connectivity index (χ4v) is 13.9. The van der Waals surface area contributed by atoms with Gasteiger partial charge >= 0.3 is 24.0 Å². The fraction of sp³-hybridized carbons (Fsp3) is 0.362. The third-order valence-corrected chi connectivity index (χ3v) is 18.2. The molecule has 9 heterocycles. The first-order valence-corrected chi connectivity index (χ1v) is 28.3. The van der Waals surface area contributed by atoms with Gasteiger partial charge in [0.15, 0.2) is 5.82 Å². The van der Waals surface area contributed by atoms with Crippen molar-refractivity contribution in [3.8, 4) is 34.6 Å². The Morgan fingerprint density at radius 2 is 1.85 bits per heavy atom. The topological polar surface area (TPSA) is 284 Å². The average molecular weight is 1210 g/mol. The Morgan fingerprint density at radius 1 is 1.05 bits per heavy atom. The van der Waals surface area contributed by atoms with Crippen molar-refractivity contribution in [1.29, 1.82) is 5.26 Å². The molecule has 3 fully saturated rings. The summed E-state index contributed by atoms with van der Waals surface area (Å²) in [4.78, 5) is 87.6. The molecule has 3 saturated heterocycles. The van der Waals surface area contributed by atoms with Gasteiger partial charge in [-0.25, -0.2) is 32.1 Å². The molecule has 21 nitrogen and oxygen atoms in total. The third kappa shape index (κ3) is 9.34. The highest BCUT2D eigenvalue weighted by atomic mass is 35.5. The minimum Gasteiger partial charge on any atom is -0.461 e. The van der Waals surface area contributed by atoms with Gasteiger partial charge in [0.25, 0.3) is 11.5 Å². The normalized spacial score (nSPS) is 20.7. The van der Waals surface area contributed by atoms with Crippen LogP contribution in [0.15, 0.2) is 53.3 Å². The molecule has 6 N–H and O–H groups in total. The maximum atomic E-state index is 17.5. The molecule has 0 spiro atoms. The number of hydrogen-bond donors (Lipinski definition) is 4. The highest BCUT2D eigenvalue weighted by Crippen LogP contribution is 2.48. The van der Waals surface area contributed by atoms with Crippen molar-refractivity contribution >= 4 is 95.3 Å². The summed E-state index contributed by atoms with van der Waals surface area (Å²) in [6.07, 6.45) is -0.673. The number of carbonyl (C=O) groups is 4. The molecular weight excluding hydrogens is 1150 g/mol. The van der Waals surface area contributed by atoms with Crippen molar-refractivity contribution in [3.05, 3.63) is 109 Å². The van der Waals surface area contributed by atoms with E-state index in [1.165, 1.54) is 40.7 Å². The van der Waals surface area contributed by atoms with Crippen LogP contribution in [0.1, 0.15) is 67.3 Å². The summed E-state index contributed by atoms with van der Waals surface area (Å²) >= 11 is 7.80. The van der Waals surface area contributed by atoms with E-state index in [0.29, 0.717) is 29.5 Å². The molecule has 0 aliphatic carbocycles. The number of thiophene rings is 1. The smallest absolute Gasteiger partial charge is 0.407 e. The van der Waals surface area contributed by atoms with Crippen LogP contribution in [0.2, 0.25) is 5.02 Å². The lowest BCUT2D eigenvalue weighted by molar-refractivity contribution is -0.188. The van der Waals surface area contributed by atoms with Crippen molar-refractivity contribution in [2.75, 3.05) is 68.8 Å². The maximum absolute atomic E-state index is 17.5. The van der Waals surface area contributed by atoms with Crippen LogP contribution < -0.4 is 32.0 Å². The largest absolute Gasteiger partial charge is 0.461 e. The number of alkyl carbamates (subject to hydrolysis) is 1. The van der Waals surface area contributed by atoms with E-state index in [4.69, 9.17) is 47.0 Å². The highest BCUT2D eigenvalue weighted by Gasteiger charge is 2.52. The van der Waals surface area contributed by atoms with E-state index < -0.39 is 96.7 Å². The number of esters is 2. The first kappa shape index (κ1) is 56.8. The number of nitrogens with two attached hydrogens (primary N) is 2. The van der Waals surface area contributed by atoms with Crippen molar-refractivity contribution in [2.45, 2.75) is 82.6 Å². The molecule has 440 valence electrons. The number of alkyl halides is 1. The summed E-state index contributed by atoms with van der Waals surface area (Å²) in [6, 6.07) is 9.12. The first-order valence-electron chi connectivity index (χ1n) is 27.1. The van der Waals surface area contributed by atoms with Crippen molar-refractivity contribution in [2.24, 2.45) is 0 Å². The molecule has 0 radical (unpaired) electrons. The van der Waals surface area contributed by atoms with Gasteiger partial charge in [0, 0.05) is 83.1 Å². The number of ether oxygens (including phenoxy) is 4. The number of aliphatic hydroxyl groups is 1. The molecular formula is C58H52ClF4N11O10S. The molecule has 0 bridgehead atoms. The molecule has 4 atom stereocenters. The number of nitriles is 1. The van der Waals surface area contributed by atoms with E-state index in [-0.39, 0.29) is 151 Å². The number of aromatic nitrogens is 4. The third-order valence-electron chi connectivity index (χ3n) is 16.9. The lowest BCUT2D eigenvalue weighted by Crippen LogP contribution is -2.54. The predicted molar refractivity (Wildman–Crippen MR) is 304 cm³/mol. The lowest BCUT2D eigenvalue weighted by Gasteiger charge is -2.41. The van der Waals surface area contributed by atoms with E-state index in [1.807, 2.05) is 15.9 Å². The van der Waals surface area contributed by atoms with Crippen LogP contribution in [0.25, 0.3) is 54.4 Å². The Kier molecular flexibility index (Phi) is 14.3. The summed E-state index contributed by atoms with van der Waals surface area (Å²) in [5, 5.41) is 23.3. The molecule has 0 saturated carbocycles. The number of fused-ring (bicyclic) bond motifs is 8. The number of nitrogens with one attached hydrogen (secondary N) is 1. The number of cyclic esters (lactones) is 1. The number of halogens is 5. The van der Waals surface area contributed by atoms with Crippen molar-refractivity contribution < 1.29 is 60.8 Å². The quantitative estimate of drug-likeness (QED) is 0.0296. The van der Waals surface area contributed by atoms with Crippen LogP contribution >= 0.6 is 22.9 Å². The van der Waals surface area contributed by atoms with E-state index in [0.717, 1.165) is 29.9 Å². The molecule has 7 aromatic rings. The predicted octanol–water partition coefficient (Wildman–Crippen LogP) is 7.03. The van der Waals surface area contributed by atoms with E-state index in [2.05, 4.69) is 21.9 Å². The standard InChI is InChI=1S/C58H52ClF4N11O10S/c1-4-58(36-14-42-47-33(21-74(42)53(78)35(36)24-81-54(58)79)34(22-75)30-13-40(65)39(62)15-41(30)68-47)84-43(76)18-67-56(80)82-23-26(2)52(77)71-10-11-73(27(3)19-71)51-31-12-37(59)45(29-6-7-38(61)49-44(29)32(17-64)50(66)85-49)46(63)48(31)69-55(70-51)83-25-57-8-5-9-72(57)20-28(60)16-57/h6-7,12-15,27-28,75H,2,4-5,8-11,16,18-25,65-66H2,1,3H3,(H,67,80)/t27-,28+,57-,58-/m0/s1. The number of carbonyl (C=O) groups excluding carboxylic acids is 4. The van der Waals surface area contributed by atoms with Gasteiger partial charge < -0.3 is 55.2 Å². The minimum atomic E-state index is -2.16. The zero-order valence-corrected chi connectivity index (χ0v) is 47.2. The number of anilines is 3. The summed E-state index contributed by atoms with van der Waals surface area (Å²) in [6.45, 7) is 5.96. The van der Waals surface area contributed by atoms with Gasteiger partial charge in [-0.15, -0.1) is 11.3 Å². The van der Waals surface area contributed by atoms with Crippen LogP contribution in [-0.4, -0.2) is 129 Å². The molecule has 4 aromatic heterocycles. The number of piperazine rings is 1. The number of amides is 2. The Hall–Kier alpha value is -8.64. The van der Waals surface area contributed by atoms with Gasteiger partial charge in [-0.3, -0.25) is 19.3 Å². The minimum absolute atomic E-state index is 0.0143. The van der Waals surface area contributed by atoms with Gasteiger partial charge in [0.2, 0.25) is 5.60 Å². The number of nitrogen functional groups attached to an aromatic ring is 2. The monoisotopic (exact) mass is 1210 g/mol. The molecule has 5 aliphatic heterocycles. The molecule has 85 heavy (non-hydrogen) atoms. The van der Waals surface area contributed by atoms with Gasteiger partial charge in [0.05, 0.1) is 62.1 Å². The summed E-state index contributed by atoms with van der Waals surface area (Å²) in [7, 11) is 0. The number of aliphatic hydroxyl groups excluding tert-OH is 1. The van der Waals surface area contributed by atoms with Crippen molar-refractivity contribution in [1.82, 2.24) is 34.6 Å². The molecule has 0 unspecified atom stereocenters. The van der Waals surface area contributed by atoms with Gasteiger partial charge in [-0.2, -0.15) is 15.2 Å². The zero-order valence-electron chi connectivity index (χ0n) is 45.6. The van der Waals surface area contributed by atoms with E-state index >= 15 is 8.78 Å². The van der Waals surface area contributed by atoms with Crippen molar-refractivity contribution in [3.63, 3.8) is 0 Å². The SMILES string of the molecule is C=C(COC(=O)NCC(=O)O[C@]1(CC)C(=O)OCc2c1cc1n(c2=O)Cc2c-1nc1cc(F)c(N)cc1c2CO)C(=O)N1CCN(c2nc(OC[C@@]34CCCN3C[C@H](F)C4)nc3c(F)c(-c4ccc(F)c5sc(N)c(C#N)c45)c(Cl)cc23)[C@@H](C)C1. The number of pyridine rings is 2. The lowest BCUT2D eigenvalue weighted by atomic mass is 9.85. The Balaban J connectivity index is 0.730. The fourth-order valence-electron chi connectivity index (χ4n) is 12.7. The van der Waals surface area contributed by atoms with Crippen LogP contribution in [0.3, 0.4) is 0 Å². The second kappa shape index (κ2) is 21.5. The highest BCUT2D eigenvalue weighted by molar-refractivity contribution is 7.23. The summed E-state index contributed by atoms with van der Waals surface area (Å²) in [5.74, 6) is -4.80. The van der Waals surface area contributed by atoms with E-state index in [1.54, 1.807) is 6.92 Å². The van der Waals surface area contributed by atoms with Gasteiger partial charge in [-0.1, -0.05) is 31.2 Å². The average Bonchev–Trinajstić information content (AvgIpc) is 2.45. The number of benzene rings is 3. The second-order valence-electron chi connectivity index (χ2n) is 21.7. The maximum Gasteiger partial charge on any atom is 0.407 e. The number of nitrogens with zero attached hydrogens (tertiary/aromatic N) is 8. The van der Waals surface area contributed by atoms with Crippen LogP contribution in [-0.2, 0) is 54.0 Å². The Bertz CT molecular complexity index is 4200. The molecule has 12 rings (SSSR count). The Labute approximate surface area is 489 Å². The van der Waals surface area contributed by atoms with Crippen LogP contribution in [0.5, 0.6) is 6.01 Å². The molecule has 27 heteroatoms. The number of hydrogen-bond acceptors (Lipinski definition) is 19. The molecule has 3 aromatic carbocycles. The van der Waals surface area contributed by atoms with Gasteiger partial charge in [0.1, 0.15) is 66.6 Å².